The van der Waals surface area contributed by atoms with Crippen LogP contribution in [0.1, 0.15) is 36.5 Å². The number of hydrogen-bond donors (Lipinski definition) is 1. The molecule has 0 spiro atoms. The monoisotopic (exact) mass is 299 g/mol. The minimum Gasteiger partial charge on any atom is -0.469 e. The van der Waals surface area contributed by atoms with Gasteiger partial charge in [-0.3, -0.25) is 9.63 Å². The summed E-state index contributed by atoms with van der Waals surface area (Å²) in [7, 11) is 0. The van der Waals surface area contributed by atoms with E-state index in [1.165, 1.54) is 0 Å². The normalized spacial score (nSPS) is 15.5. The number of carbonyl (C=O) groups is 1. The lowest BCUT2D eigenvalue weighted by atomic mass is 9.94. The summed E-state index contributed by atoms with van der Waals surface area (Å²) in [6.07, 6.45) is 5.52. The zero-order valence-electron chi connectivity index (χ0n) is 12.5. The molecular weight excluding hydrogens is 278 g/mol. The third-order valence-corrected chi connectivity index (χ3v) is 3.96. The highest BCUT2D eigenvalue weighted by Gasteiger charge is 2.37. The van der Waals surface area contributed by atoms with Gasteiger partial charge in [0.1, 0.15) is 5.76 Å². The fourth-order valence-electron chi connectivity index (χ4n) is 2.69. The van der Waals surface area contributed by atoms with Crippen LogP contribution < -0.4 is 5.48 Å². The largest absolute Gasteiger partial charge is 0.469 e. The lowest BCUT2D eigenvalue weighted by Crippen LogP contribution is -2.31. The van der Waals surface area contributed by atoms with Crippen molar-refractivity contribution in [2.24, 2.45) is 5.92 Å². The van der Waals surface area contributed by atoms with Gasteiger partial charge in [0.2, 0.25) is 0 Å². The van der Waals surface area contributed by atoms with E-state index >= 15 is 0 Å². The SMILES string of the molecule is O=C(NOCCCc1ccco1)C(c1ccccc1)C1CC1. The molecule has 1 aliphatic carbocycles. The lowest BCUT2D eigenvalue weighted by Gasteiger charge is -2.16. The first-order chi connectivity index (χ1) is 10.8. The molecule has 1 fully saturated rings. The number of furan rings is 1. The standard InChI is InChI=1S/C18H21NO3/c20-18(19-22-13-5-9-16-8-4-12-21-16)17(15-10-11-15)14-6-2-1-3-7-14/h1-4,6-8,12,15,17H,5,9-11,13H2,(H,19,20). The minimum absolute atomic E-state index is 0.0355. The van der Waals surface area contributed by atoms with Crippen LogP contribution in [-0.2, 0) is 16.1 Å². The number of hydroxylamine groups is 1. The number of rotatable bonds is 8. The molecule has 116 valence electrons. The molecule has 22 heavy (non-hydrogen) atoms. The third-order valence-electron chi connectivity index (χ3n) is 3.96. The third kappa shape index (κ3) is 3.98. The van der Waals surface area contributed by atoms with Gasteiger partial charge in [0.25, 0.3) is 5.91 Å². The Balaban J connectivity index is 1.44. The van der Waals surface area contributed by atoms with Gasteiger partial charge in [0.15, 0.2) is 0 Å². The highest BCUT2D eigenvalue weighted by atomic mass is 16.6. The molecule has 0 bridgehead atoms. The van der Waals surface area contributed by atoms with Crippen molar-refractivity contribution in [2.45, 2.75) is 31.6 Å². The molecule has 1 saturated carbocycles. The maximum Gasteiger partial charge on any atom is 0.251 e. The Morgan fingerprint density at radius 3 is 2.73 bits per heavy atom. The second kappa shape index (κ2) is 7.27. The Kier molecular flexibility index (Phi) is 4.91. The second-order valence-corrected chi connectivity index (χ2v) is 5.72. The van der Waals surface area contributed by atoms with E-state index in [9.17, 15) is 4.79 Å². The van der Waals surface area contributed by atoms with Crippen molar-refractivity contribution in [3.63, 3.8) is 0 Å². The predicted octanol–water partition coefficient (Wildman–Crippen LogP) is 3.45. The van der Waals surface area contributed by atoms with Crippen molar-refractivity contribution in [1.82, 2.24) is 5.48 Å². The van der Waals surface area contributed by atoms with E-state index in [-0.39, 0.29) is 11.8 Å². The molecule has 4 nitrogen and oxygen atoms in total. The lowest BCUT2D eigenvalue weighted by molar-refractivity contribution is -0.135. The fourth-order valence-corrected chi connectivity index (χ4v) is 2.69. The molecule has 1 aliphatic rings. The summed E-state index contributed by atoms with van der Waals surface area (Å²) < 4.78 is 5.25. The summed E-state index contributed by atoms with van der Waals surface area (Å²) in [5.41, 5.74) is 3.68. The van der Waals surface area contributed by atoms with E-state index < -0.39 is 0 Å². The van der Waals surface area contributed by atoms with Crippen LogP contribution in [0.5, 0.6) is 0 Å². The maximum atomic E-state index is 12.4. The van der Waals surface area contributed by atoms with E-state index in [1.54, 1.807) is 6.26 Å². The average molecular weight is 299 g/mol. The highest BCUT2D eigenvalue weighted by molar-refractivity contribution is 5.83. The van der Waals surface area contributed by atoms with Gasteiger partial charge in [0.05, 0.1) is 18.8 Å². The Hall–Kier alpha value is -2.07. The highest BCUT2D eigenvalue weighted by Crippen LogP contribution is 2.42. The summed E-state index contributed by atoms with van der Waals surface area (Å²) in [4.78, 5) is 17.7. The number of nitrogens with one attached hydrogen (secondary N) is 1. The Bertz CT molecular complexity index is 576. The molecule has 3 rings (SSSR count). The zero-order valence-corrected chi connectivity index (χ0v) is 12.5. The van der Waals surface area contributed by atoms with Crippen molar-refractivity contribution in [3.8, 4) is 0 Å². The first-order valence-electron chi connectivity index (χ1n) is 7.83. The van der Waals surface area contributed by atoms with Crippen molar-refractivity contribution < 1.29 is 14.0 Å². The summed E-state index contributed by atoms with van der Waals surface area (Å²) in [6, 6.07) is 13.8. The van der Waals surface area contributed by atoms with Gasteiger partial charge in [-0.15, -0.1) is 0 Å². The van der Waals surface area contributed by atoms with Crippen molar-refractivity contribution >= 4 is 5.91 Å². The van der Waals surface area contributed by atoms with Gasteiger partial charge in [-0.2, -0.15) is 0 Å². The zero-order chi connectivity index (χ0) is 15.2. The molecule has 1 aromatic heterocycles. The van der Waals surface area contributed by atoms with Gasteiger partial charge in [-0.1, -0.05) is 30.3 Å². The molecule has 0 radical (unpaired) electrons. The molecule has 1 aromatic carbocycles. The molecular formula is C18H21NO3. The van der Waals surface area contributed by atoms with E-state index in [4.69, 9.17) is 9.25 Å². The van der Waals surface area contributed by atoms with E-state index in [1.807, 2.05) is 42.5 Å². The van der Waals surface area contributed by atoms with Crippen LogP contribution in [0.2, 0.25) is 0 Å². The van der Waals surface area contributed by atoms with Crippen molar-refractivity contribution in [1.29, 1.82) is 0 Å². The van der Waals surface area contributed by atoms with Crippen LogP contribution >= 0.6 is 0 Å². The average Bonchev–Trinajstić information content (AvgIpc) is 3.23. The van der Waals surface area contributed by atoms with Crippen molar-refractivity contribution in [2.75, 3.05) is 6.61 Å². The molecule has 1 amide bonds. The van der Waals surface area contributed by atoms with Gasteiger partial charge < -0.3 is 4.42 Å². The second-order valence-electron chi connectivity index (χ2n) is 5.72. The summed E-state index contributed by atoms with van der Waals surface area (Å²) in [5, 5.41) is 0. The number of carbonyl (C=O) groups excluding carboxylic acids is 1. The van der Waals surface area contributed by atoms with Crippen LogP contribution in [0.4, 0.5) is 0 Å². The molecule has 4 heteroatoms. The first kappa shape index (κ1) is 14.9. The smallest absolute Gasteiger partial charge is 0.251 e. The molecule has 1 heterocycles. The van der Waals surface area contributed by atoms with Crippen LogP contribution in [0.25, 0.3) is 0 Å². The number of amides is 1. The van der Waals surface area contributed by atoms with Gasteiger partial charge in [0, 0.05) is 6.42 Å². The van der Waals surface area contributed by atoms with E-state index in [2.05, 4.69) is 5.48 Å². The van der Waals surface area contributed by atoms with Crippen LogP contribution in [-0.4, -0.2) is 12.5 Å². The maximum absolute atomic E-state index is 12.4. The number of aryl methyl sites for hydroxylation is 1. The molecule has 2 aromatic rings. The van der Waals surface area contributed by atoms with Crippen LogP contribution in [0, 0.1) is 5.92 Å². The summed E-state index contributed by atoms with van der Waals surface area (Å²) in [5.74, 6) is 1.27. The fraction of sp³-hybridized carbons (Fsp3) is 0.389. The van der Waals surface area contributed by atoms with Gasteiger partial charge in [-0.25, -0.2) is 5.48 Å². The molecule has 1 N–H and O–H groups in total. The predicted molar refractivity (Wildman–Crippen MR) is 83.0 cm³/mol. The quantitative estimate of drug-likeness (QED) is 0.600. The summed E-state index contributed by atoms with van der Waals surface area (Å²) >= 11 is 0. The topological polar surface area (TPSA) is 51.5 Å². The first-order valence-corrected chi connectivity index (χ1v) is 7.83. The molecule has 0 aliphatic heterocycles. The van der Waals surface area contributed by atoms with E-state index in [0.717, 1.165) is 37.0 Å². The Labute approximate surface area is 130 Å². The Morgan fingerprint density at radius 2 is 2.05 bits per heavy atom. The van der Waals surface area contributed by atoms with E-state index in [0.29, 0.717) is 12.5 Å². The molecule has 1 unspecified atom stereocenters. The van der Waals surface area contributed by atoms with Crippen molar-refractivity contribution in [3.05, 3.63) is 60.1 Å². The van der Waals surface area contributed by atoms with Gasteiger partial charge in [-0.05, 0) is 42.9 Å². The number of benzene rings is 1. The molecule has 0 saturated heterocycles. The van der Waals surface area contributed by atoms with Crippen LogP contribution in [0.15, 0.2) is 53.1 Å². The minimum atomic E-state index is -0.0914. The van der Waals surface area contributed by atoms with Gasteiger partial charge >= 0.3 is 0 Å². The Morgan fingerprint density at radius 1 is 1.23 bits per heavy atom. The number of hydrogen-bond acceptors (Lipinski definition) is 3. The van der Waals surface area contributed by atoms with Crippen LogP contribution in [0.3, 0.4) is 0 Å². The molecule has 1 atom stereocenters. The summed E-state index contributed by atoms with van der Waals surface area (Å²) in [6.45, 7) is 0.485.